The van der Waals surface area contributed by atoms with Gasteiger partial charge in [-0.05, 0) is 25.7 Å². The summed E-state index contributed by atoms with van der Waals surface area (Å²) in [5, 5.41) is 0. The van der Waals surface area contributed by atoms with Crippen LogP contribution in [0.15, 0.2) is 4.99 Å². The fraction of sp³-hybridized carbons (Fsp3) is 0.875. The summed E-state index contributed by atoms with van der Waals surface area (Å²) in [7, 11) is 0. The zero-order valence-corrected chi connectivity index (χ0v) is 7.05. The van der Waals surface area contributed by atoms with Crippen molar-refractivity contribution in [1.29, 1.82) is 0 Å². The number of amidine groups is 1. The van der Waals surface area contributed by atoms with E-state index in [4.69, 9.17) is 10.5 Å². The summed E-state index contributed by atoms with van der Waals surface area (Å²) in [5.41, 5.74) is 5.40. The maximum Gasteiger partial charge on any atom is 0.0905 e. The molecular formula is C8H16N2O. The summed E-state index contributed by atoms with van der Waals surface area (Å²) in [6, 6.07) is 0. The van der Waals surface area contributed by atoms with Gasteiger partial charge in [-0.25, -0.2) is 0 Å². The number of hydrogen-bond acceptors (Lipinski definition) is 2. The lowest BCUT2D eigenvalue weighted by Gasteiger charge is -2.03. The standard InChI is InChI=1S/C8H16N2O/c1-7(9)10-4-2-8-3-5-11-6-8/h8H,2-6H2,1H3,(H2,9,10). The van der Waals surface area contributed by atoms with Crippen LogP contribution in [-0.4, -0.2) is 25.6 Å². The number of ether oxygens (including phenoxy) is 1. The van der Waals surface area contributed by atoms with E-state index in [0.717, 1.165) is 32.1 Å². The van der Waals surface area contributed by atoms with E-state index in [1.165, 1.54) is 6.42 Å². The van der Waals surface area contributed by atoms with Crippen LogP contribution < -0.4 is 5.73 Å². The molecule has 1 atom stereocenters. The van der Waals surface area contributed by atoms with Gasteiger partial charge in [0.25, 0.3) is 0 Å². The van der Waals surface area contributed by atoms with Crippen LogP contribution in [0.4, 0.5) is 0 Å². The van der Waals surface area contributed by atoms with Crippen molar-refractivity contribution >= 4 is 5.84 Å². The summed E-state index contributed by atoms with van der Waals surface area (Å²) < 4.78 is 5.23. The predicted molar refractivity (Wildman–Crippen MR) is 45.7 cm³/mol. The van der Waals surface area contributed by atoms with E-state index in [0.29, 0.717) is 5.84 Å². The van der Waals surface area contributed by atoms with E-state index in [1.54, 1.807) is 0 Å². The number of rotatable bonds is 3. The monoisotopic (exact) mass is 156 g/mol. The highest BCUT2D eigenvalue weighted by Crippen LogP contribution is 2.15. The molecular weight excluding hydrogens is 140 g/mol. The minimum absolute atomic E-state index is 0.684. The molecule has 0 aromatic heterocycles. The van der Waals surface area contributed by atoms with Crippen LogP contribution in [0.25, 0.3) is 0 Å². The lowest BCUT2D eigenvalue weighted by atomic mass is 10.1. The zero-order chi connectivity index (χ0) is 8.10. The van der Waals surface area contributed by atoms with Crippen molar-refractivity contribution in [3.05, 3.63) is 0 Å². The summed E-state index contributed by atoms with van der Waals surface area (Å²) in [5.74, 6) is 1.40. The van der Waals surface area contributed by atoms with Crippen molar-refractivity contribution in [3.8, 4) is 0 Å². The minimum Gasteiger partial charge on any atom is -0.388 e. The van der Waals surface area contributed by atoms with Crippen LogP contribution in [0, 0.1) is 5.92 Å². The van der Waals surface area contributed by atoms with Crippen molar-refractivity contribution in [2.24, 2.45) is 16.6 Å². The Hall–Kier alpha value is -0.570. The maximum atomic E-state index is 5.40. The van der Waals surface area contributed by atoms with Crippen molar-refractivity contribution in [1.82, 2.24) is 0 Å². The van der Waals surface area contributed by atoms with Gasteiger partial charge in [-0.15, -0.1) is 0 Å². The van der Waals surface area contributed by atoms with E-state index < -0.39 is 0 Å². The van der Waals surface area contributed by atoms with Crippen molar-refractivity contribution in [2.75, 3.05) is 19.8 Å². The molecule has 0 aromatic rings. The Morgan fingerprint density at radius 2 is 2.55 bits per heavy atom. The van der Waals surface area contributed by atoms with Crippen molar-refractivity contribution in [2.45, 2.75) is 19.8 Å². The highest BCUT2D eigenvalue weighted by Gasteiger charge is 2.14. The number of nitrogens with zero attached hydrogens (tertiary/aromatic N) is 1. The smallest absolute Gasteiger partial charge is 0.0905 e. The number of nitrogens with two attached hydrogens (primary N) is 1. The second-order valence-electron chi connectivity index (χ2n) is 3.04. The average molecular weight is 156 g/mol. The van der Waals surface area contributed by atoms with Gasteiger partial charge in [-0.2, -0.15) is 0 Å². The number of hydrogen-bond donors (Lipinski definition) is 1. The first-order valence-corrected chi connectivity index (χ1v) is 4.13. The molecule has 1 unspecified atom stereocenters. The van der Waals surface area contributed by atoms with Crippen LogP contribution >= 0.6 is 0 Å². The van der Waals surface area contributed by atoms with Gasteiger partial charge >= 0.3 is 0 Å². The third-order valence-corrected chi connectivity index (χ3v) is 1.92. The maximum absolute atomic E-state index is 5.40. The molecule has 1 aliphatic heterocycles. The third-order valence-electron chi connectivity index (χ3n) is 1.92. The van der Waals surface area contributed by atoms with E-state index in [9.17, 15) is 0 Å². The Bertz CT molecular complexity index is 135. The van der Waals surface area contributed by atoms with Crippen LogP contribution in [0.1, 0.15) is 19.8 Å². The molecule has 3 heteroatoms. The molecule has 1 fully saturated rings. The lowest BCUT2D eigenvalue weighted by Crippen LogP contribution is -2.08. The molecule has 11 heavy (non-hydrogen) atoms. The van der Waals surface area contributed by atoms with Gasteiger partial charge in [0.1, 0.15) is 0 Å². The molecule has 0 saturated carbocycles. The SMILES string of the molecule is CC(N)=NCCC1CCOC1. The summed E-state index contributed by atoms with van der Waals surface area (Å²) in [6.07, 6.45) is 2.31. The predicted octanol–water partition coefficient (Wildman–Crippen LogP) is 0.790. The van der Waals surface area contributed by atoms with Gasteiger partial charge in [-0.1, -0.05) is 0 Å². The van der Waals surface area contributed by atoms with Crippen LogP contribution in [0.2, 0.25) is 0 Å². The molecule has 1 saturated heterocycles. The first kappa shape index (κ1) is 8.53. The zero-order valence-electron chi connectivity index (χ0n) is 7.05. The molecule has 0 amide bonds. The molecule has 1 aliphatic rings. The molecule has 0 spiro atoms. The minimum atomic E-state index is 0.684. The van der Waals surface area contributed by atoms with Crippen molar-refractivity contribution in [3.63, 3.8) is 0 Å². The van der Waals surface area contributed by atoms with Gasteiger partial charge in [0, 0.05) is 19.8 Å². The molecule has 0 bridgehead atoms. The molecule has 3 nitrogen and oxygen atoms in total. The van der Waals surface area contributed by atoms with E-state index >= 15 is 0 Å². The first-order chi connectivity index (χ1) is 5.29. The molecule has 2 N–H and O–H groups in total. The summed E-state index contributed by atoms with van der Waals surface area (Å²) in [4.78, 5) is 4.13. The Kier molecular flexibility index (Phi) is 3.36. The molecule has 1 heterocycles. The van der Waals surface area contributed by atoms with E-state index in [1.807, 2.05) is 6.92 Å². The highest BCUT2D eigenvalue weighted by atomic mass is 16.5. The van der Waals surface area contributed by atoms with Crippen LogP contribution in [0.5, 0.6) is 0 Å². The first-order valence-electron chi connectivity index (χ1n) is 4.13. The molecule has 0 aliphatic carbocycles. The van der Waals surface area contributed by atoms with E-state index in [-0.39, 0.29) is 0 Å². The highest BCUT2D eigenvalue weighted by molar-refractivity contribution is 5.77. The Morgan fingerprint density at radius 3 is 3.09 bits per heavy atom. The van der Waals surface area contributed by atoms with Gasteiger partial charge in [0.05, 0.1) is 5.84 Å². The van der Waals surface area contributed by atoms with Crippen LogP contribution in [0.3, 0.4) is 0 Å². The summed E-state index contributed by atoms with van der Waals surface area (Å²) >= 11 is 0. The topological polar surface area (TPSA) is 47.6 Å². The van der Waals surface area contributed by atoms with Crippen LogP contribution in [-0.2, 0) is 4.74 Å². The third kappa shape index (κ3) is 3.37. The lowest BCUT2D eigenvalue weighted by molar-refractivity contribution is 0.184. The Balaban J connectivity index is 2.07. The molecule has 1 rings (SSSR count). The van der Waals surface area contributed by atoms with Gasteiger partial charge in [0.2, 0.25) is 0 Å². The fourth-order valence-corrected chi connectivity index (χ4v) is 1.23. The molecule has 0 radical (unpaired) electrons. The van der Waals surface area contributed by atoms with E-state index in [2.05, 4.69) is 4.99 Å². The second kappa shape index (κ2) is 4.34. The second-order valence-corrected chi connectivity index (χ2v) is 3.04. The van der Waals surface area contributed by atoms with Gasteiger partial charge in [0.15, 0.2) is 0 Å². The number of aliphatic imine (C=N–C) groups is 1. The average Bonchev–Trinajstić information content (AvgIpc) is 2.39. The molecule has 0 aromatic carbocycles. The largest absolute Gasteiger partial charge is 0.388 e. The molecule has 64 valence electrons. The Morgan fingerprint density at radius 1 is 1.73 bits per heavy atom. The van der Waals surface area contributed by atoms with Gasteiger partial charge in [-0.3, -0.25) is 4.99 Å². The normalized spacial score (nSPS) is 25.9. The quantitative estimate of drug-likeness (QED) is 0.485. The fourth-order valence-electron chi connectivity index (χ4n) is 1.23. The van der Waals surface area contributed by atoms with Gasteiger partial charge < -0.3 is 10.5 Å². The Labute approximate surface area is 67.6 Å². The summed E-state index contributed by atoms with van der Waals surface area (Å²) in [6.45, 7) is 4.52. The van der Waals surface area contributed by atoms with Crippen molar-refractivity contribution < 1.29 is 4.74 Å².